The minimum Gasteiger partial charge on any atom is -0.360 e. The number of hydrogen-bond acceptors (Lipinski definition) is 7. The average Bonchev–Trinajstić information content (AvgIpc) is 3.08. The summed E-state index contributed by atoms with van der Waals surface area (Å²) in [6.45, 7) is 4.14. The zero-order chi connectivity index (χ0) is 20.4. The molecule has 3 aromatic heterocycles. The fraction of sp³-hybridized carbons (Fsp3) is 0.350. The topological polar surface area (TPSA) is 101 Å². The van der Waals surface area contributed by atoms with E-state index in [0.29, 0.717) is 36.2 Å². The van der Waals surface area contributed by atoms with Gasteiger partial charge in [0.15, 0.2) is 5.76 Å². The second-order valence-corrected chi connectivity index (χ2v) is 9.02. The summed E-state index contributed by atoms with van der Waals surface area (Å²) in [6.07, 6.45) is 3.37. The maximum absolute atomic E-state index is 13.2. The highest BCUT2D eigenvalue weighted by Crippen LogP contribution is 2.32. The van der Waals surface area contributed by atoms with E-state index in [4.69, 9.17) is 9.51 Å². The normalized spacial score (nSPS) is 17.9. The lowest BCUT2D eigenvalue weighted by Crippen LogP contribution is -2.39. The smallest absolute Gasteiger partial charge is 0.248 e. The molecule has 3 aromatic rings. The largest absolute Gasteiger partial charge is 0.360 e. The molecule has 0 radical (unpaired) electrons. The van der Waals surface area contributed by atoms with Crippen LogP contribution in [-0.4, -0.2) is 40.9 Å². The number of nitrogens with one attached hydrogen (secondary N) is 1. The van der Waals surface area contributed by atoms with Gasteiger partial charge in [-0.25, -0.2) is 18.4 Å². The Hall–Kier alpha value is -2.78. The van der Waals surface area contributed by atoms with Gasteiger partial charge in [0.25, 0.3) is 0 Å². The molecule has 0 bridgehead atoms. The lowest BCUT2D eigenvalue weighted by Gasteiger charge is -2.31. The second kappa shape index (κ2) is 7.92. The van der Waals surface area contributed by atoms with Gasteiger partial charge in [0.1, 0.15) is 22.2 Å². The van der Waals surface area contributed by atoms with E-state index in [1.54, 1.807) is 20.0 Å². The van der Waals surface area contributed by atoms with Crippen LogP contribution in [0.2, 0.25) is 0 Å². The van der Waals surface area contributed by atoms with Gasteiger partial charge in [-0.15, -0.1) is 0 Å². The van der Waals surface area contributed by atoms with Crippen molar-refractivity contribution < 1.29 is 12.9 Å². The summed E-state index contributed by atoms with van der Waals surface area (Å²) in [5.41, 5.74) is 1.26. The Morgan fingerprint density at radius 3 is 2.69 bits per heavy atom. The quantitative estimate of drug-likeness (QED) is 0.684. The number of rotatable bonds is 5. The fourth-order valence-electron chi connectivity index (χ4n) is 3.69. The molecule has 0 aromatic carbocycles. The monoisotopic (exact) mass is 413 g/mol. The third-order valence-corrected chi connectivity index (χ3v) is 7.17. The lowest BCUT2D eigenvalue weighted by molar-refractivity contribution is 0.312. The van der Waals surface area contributed by atoms with E-state index in [0.717, 1.165) is 18.5 Å². The molecule has 1 N–H and O–H groups in total. The Labute approximate surface area is 170 Å². The summed E-state index contributed by atoms with van der Waals surface area (Å²) in [7, 11) is -3.66. The van der Waals surface area contributed by atoms with Crippen LogP contribution in [0.5, 0.6) is 0 Å². The summed E-state index contributed by atoms with van der Waals surface area (Å²) >= 11 is 0. The van der Waals surface area contributed by atoms with Gasteiger partial charge in [0.05, 0.1) is 0 Å². The fourth-order valence-corrected chi connectivity index (χ4v) is 5.51. The molecule has 4 heterocycles. The Bertz CT molecular complexity index is 1080. The number of nitrogens with zero attached hydrogens (tertiary/aromatic N) is 4. The van der Waals surface area contributed by atoms with Crippen LogP contribution in [0.4, 0.5) is 11.6 Å². The predicted octanol–water partition coefficient (Wildman–Crippen LogP) is 3.39. The SMILES string of the molecule is Cc1noc(C)c1S(=O)(=O)N1CCC[C@@H](c2cccc(Nc3ccccn3)n2)C1. The van der Waals surface area contributed by atoms with Gasteiger partial charge >= 0.3 is 0 Å². The maximum Gasteiger partial charge on any atom is 0.248 e. The van der Waals surface area contributed by atoms with Crippen LogP contribution in [0, 0.1) is 13.8 Å². The summed E-state index contributed by atoms with van der Waals surface area (Å²) in [5.74, 6) is 1.74. The van der Waals surface area contributed by atoms with Gasteiger partial charge in [-0.1, -0.05) is 17.3 Å². The van der Waals surface area contributed by atoms with Crippen molar-refractivity contribution in [1.29, 1.82) is 0 Å². The number of anilines is 2. The van der Waals surface area contributed by atoms with Gasteiger partial charge in [-0.05, 0) is 51.0 Å². The van der Waals surface area contributed by atoms with Crippen molar-refractivity contribution in [2.24, 2.45) is 0 Å². The average molecular weight is 414 g/mol. The minimum absolute atomic E-state index is 0.0180. The van der Waals surface area contributed by atoms with Gasteiger partial charge in [-0.2, -0.15) is 4.31 Å². The molecule has 0 spiro atoms. The Morgan fingerprint density at radius 1 is 1.14 bits per heavy atom. The summed E-state index contributed by atoms with van der Waals surface area (Å²) in [6, 6.07) is 11.4. The maximum atomic E-state index is 13.2. The first-order chi connectivity index (χ1) is 13.9. The Morgan fingerprint density at radius 2 is 1.97 bits per heavy atom. The van der Waals surface area contributed by atoms with Crippen molar-refractivity contribution in [2.45, 2.75) is 37.5 Å². The molecule has 4 rings (SSSR count). The Balaban J connectivity index is 1.55. The molecular weight excluding hydrogens is 390 g/mol. The number of piperidine rings is 1. The van der Waals surface area contributed by atoms with Crippen LogP contribution in [0.3, 0.4) is 0 Å². The third kappa shape index (κ3) is 4.01. The standard InChI is InChI=1S/C20H23N5O3S/c1-14-20(15(2)28-24-14)29(26,27)25-12-6-7-16(13-25)17-8-5-10-19(22-17)23-18-9-3-4-11-21-18/h3-5,8-11,16H,6-7,12-13H2,1-2H3,(H,21,22,23)/t16-/m1/s1. The van der Waals surface area contributed by atoms with Crippen LogP contribution in [0.15, 0.2) is 52.0 Å². The van der Waals surface area contributed by atoms with Crippen molar-refractivity contribution in [3.63, 3.8) is 0 Å². The molecule has 0 saturated carbocycles. The summed E-state index contributed by atoms with van der Waals surface area (Å²) in [5, 5.41) is 6.99. The van der Waals surface area contributed by atoms with Crippen LogP contribution in [0.1, 0.15) is 35.9 Å². The molecule has 0 amide bonds. The molecule has 8 nitrogen and oxygen atoms in total. The highest BCUT2D eigenvalue weighted by molar-refractivity contribution is 7.89. The van der Waals surface area contributed by atoms with E-state index >= 15 is 0 Å². The van der Waals surface area contributed by atoms with E-state index in [1.165, 1.54) is 4.31 Å². The van der Waals surface area contributed by atoms with Gasteiger partial charge in [0.2, 0.25) is 10.0 Å². The molecule has 1 aliphatic heterocycles. The second-order valence-electron chi connectivity index (χ2n) is 7.14. The highest BCUT2D eigenvalue weighted by atomic mass is 32.2. The first-order valence-electron chi connectivity index (χ1n) is 9.53. The molecule has 1 atom stereocenters. The van der Waals surface area contributed by atoms with Crippen molar-refractivity contribution in [3.05, 3.63) is 59.7 Å². The van der Waals surface area contributed by atoms with Gasteiger partial charge < -0.3 is 9.84 Å². The van der Waals surface area contributed by atoms with Gasteiger partial charge in [0, 0.05) is 30.9 Å². The number of hydrogen-bond donors (Lipinski definition) is 1. The lowest BCUT2D eigenvalue weighted by atomic mass is 9.95. The number of pyridine rings is 2. The first-order valence-corrected chi connectivity index (χ1v) is 11.0. The van der Waals surface area contributed by atoms with E-state index in [1.807, 2.05) is 36.4 Å². The van der Waals surface area contributed by atoms with E-state index in [9.17, 15) is 8.42 Å². The zero-order valence-corrected chi connectivity index (χ0v) is 17.2. The van der Waals surface area contributed by atoms with Crippen molar-refractivity contribution in [2.75, 3.05) is 18.4 Å². The van der Waals surface area contributed by atoms with E-state index < -0.39 is 10.0 Å². The molecule has 0 unspecified atom stereocenters. The molecule has 1 fully saturated rings. The van der Waals surface area contributed by atoms with Crippen molar-refractivity contribution in [3.8, 4) is 0 Å². The van der Waals surface area contributed by atoms with Crippen molar-refractivity contribution in [1.82, 2.24) is 19.4 Å². The summed E-state index contributed by atoms with van der Waals surface area (Å²) < 4.78 is 32.9. The van der Waals surface area contributed by atoms with Gasteiger partial charge in [-0.3, -0.25) is 0 Å². The molecule has 29 heavy (non-hydrogen) atoms. The molecule has 152 valence electrons. The van der Waals surface area contributed by atoms with Crippen LogP contribution >= 0.6 is 0 Å². The predicted molar refractivity (Wildman–Crippen MR) is 108 cm³/mol. The third-order valence-electron chi connectivity index (χ3n) is 5.06. The van der Waals surface area contributed by atoms with Crippen molar-refractivity contribution >= 4 is 21.7 Å². The van der Waals surface area contributed by atoms with Crippen LogP contribution < -0.4 is 5.32 Å². The number of aromatic nitrogens is 3. The zero-order valence-electron chi connectivity index (χ0n) is 16.4. The summed E-state index contributed by atoms with van der Waals surface area (Å²) in [4.78, 5) is 9.13. The molecular formula is C20H23N5O3S. The highest BCUT2D eigenvalue weighted by Gasteiger charge is 2.35. The minimum atomic E-state index is -3.66. The van der Waals surface area contributed by atoms with Crippen LogP contribution in [0.25, 0.3) is 0 Å². The molecule has 9 heteroatoms. The van der Waals surface area contributed by atoms with E-state index in [2.05, 4.69) is 15.5 Å². The molecule has 0 aliphatic carbocycles. The first kappa shape index (κ1) is 19.5. The molecule has 1 saturated heterocycles. The van der Waals surface area contributed by atoms with E-state index in [-0.39, 0.29) is 10.8 Å². The number of aryl methyl sites for hydroxylation is 2. The molecule has 1 aliphatic rings. The Kier molecular flexibility index (Phi) is 5.33. The number of sulfonamides is 1. The van der Waals surface area contributed by atoms with Crippen LogP contribution in [-0.2, 0) is 10.0 Å².